The number of carbonyl (C=O) groups excluding carboxylic acids is 1. The zero-order valence-electron chi connectivity index (χ0n) is 15.1. The smallest absolute Gasteiger partial charge is 0.258 e. The third-order valence-electron chi connectivity index (χ3n) is 4.18. The number of anilines is 1. The van der Waals surface area contributed by atoms with E-state index >= 15 is 0 Å². The number of ether oxygens (including phenoxy) is 1. The van der Waals surface area contributed by atoms with Crippen LogP contribution in [0.25, 0.3) is 22.6 Å². The van der Waals surface area contributed by atoms with E-state index < -0.39 is 11.7 Å². The third kappa shape index (κ3) is 3.57. The van der Waals surface area contributed by atoms with E-state index in [4.69, 9.17) is 9.15 Å². The molecule has 1 N–H and O–H groups in total. The minimum absolute atomic E-state index is 0.0159. The summed E-state index contributed by atoms with van der Waals surface area (Å²) in [4.78, 5) is 16.8. The molecule has 0 aliphatic carbocycles. The molecule has 1 amide bonds. The second-order valence-corrected chi connectivity index (χ2v) is 6.09. The van der Waals surface area contributed by atoms with E-state index in [1.54, 1.807) is 24.3 Å². The summed E-state index contributed by atoms with van der Waals surface area (Å²) in [5.74, 6) is 0.157. The van der Waals surface area contributed by atoms with E-state index in [2.05, 4.69) is 10.3 Å². The molecule has 0 unspecified atom stereocenters. The van der Waals surface area contributed by atoms with Gasteiger partial charge < -0.3 is 14.5 Å². The Balaban J connectivity index is 1.58. The van der Waals surface area contributed by atoms with Gasteiger partial charge in [-0.15, -0.1) is 0 Å². The Hall–Kier alpha value is -3.67. The number of nitrogens with zero attached hydrogens (tertiary/aromatic N) is 1. The van der Waals surface area contributed by atoms with Crippen LogP contribution in [0.1, 0.15) is 17.3 Å². The summed E-state index contributed by atoms with van der Waals surface area (Å²) in [6, 6.07) is 18.4. The van der Waals surface area contributed by atoms with Crippen molar-refractivity contribution in [2.45, 2.75) is 6.92 Å². The fraction of sp³-hybridized carbons (Fsp3) is 0.0909. The van der Waals surface area contributed by atoms with Crippen LogP contribution in [0.4, 0.5) is 10.1 Å². The van der Waals surface area contributed by atoms with Crippen LogP contribution in [-0.4, -0.2) is 17.5 Å². The first kappa shape index (κ1) is 17.7. The van der Waals surface area contributed by atoms with E-state index in [0.29, 0.717) is 29.3 Å². The molecule has 0 aliphatic heterocycles. The fourth-order valence-electron chi connectivity index (χ4n) is 2.83. The number of aromatic nitrogens is 1. The summed E-state index contributed by atoms with van der Waals surface area (Å²) < 4.78 is 25.0. The van der Waals surface area contributed by atoms with Crippen molar-refractivity contribution < 1.29 is 18.3 Å². The van der Waals surface area contributed by atoms with Crippen LogP contribution >= 0.6 is 0 Å². The standard InChI is InChI=1S/C22H17FN2O3/c1-2-27-16-10-7-14(8-11-16)22-25-19-13-15(9-12-20(19)28-22)24-21(26)17-5-3-4-6-18(17)23/h3-13H,2H2,1H3,(H,24,26). The van der Waals surface area contributed by atoms with Gasteiger partial charge in [-0.2, -0.15) is 0 Å². The maximum absolute atomic E-state index is 13.8. The van der Waals surface area contributed by atoms with Gasteiger partial charge in [-0.3, -0.25) is 4.79 Å². The number of oxazole rings is 1. The molecule has 0 spiro atoms. The summed E-state index contributed by atoms with van der Waals surface area (Å²) in [5.41, 5.74) is 2.49. The van der Waals surface area contributed by atoms with Crippen molar-refractivity contribution in [1.29, 1.82) is 0 Å². The summed E-state index contributed by atoms with van der Waals surface area (Å²) in [7, 11) is 0. The Morgan fingerprint density at radius 2 is 1.89 bits per heavy atom. The molecule has 0 saturated heterocycles. The zero-order chi connectivity index (χ0) is 19.5. The summed E-state index contributed by atoms with van der Waals surface area (Å²) in [6.45, 7) is 2.53. The number of fused-ring (bicyclic) bond motifs is 1. The van der Waals surface area contributed by atoms with Crippen molar-refractivity contribution in [3.05, 3.63) is 78.1 Å². The zero-order valence-corrected chi connectivity index (χ0v) is 15.1. The lowest BCUT2D eigenvalue weighted by molar-refractivity contribution is 0.102. The molecule has 0 fully saturated rings. The molecule has 140 valence electrons. The van der Waals surface area contributed by atoms with E-state index in [0.717, 1.165) is 11.3 Å². The van der Waals surface area contributed by atoms with Crippen LogP contribution in [0.2, 0.25) is 0 Å². The average molecular weight is 376 g/mol. The Bertz CT molecular complexity index is 1140. The quantitative estimate of drug-likeness (QED) is 0.514. The second kappa shape index (κ2) is 7.52. The van der Waals surface area contributed by atoms with Crippen molar-refractivity contribution in [3.8, 4) is 17.2 Å². The molecule has 5 nitrogen and oxygen atoms in total. The minimum atomic E-state index is -0.569. The molecule has 6 heteroatoms. The van der Waals surface area contributed by atoms with Gasteiger partial charge in [-0.1, -0.05) is 12.1 Å². The lowest BCUT2D eigenvalue weighted by atomic mass is 10.2. The predicted octanol–water partition coefficient (Wildman–Crippen LogP) is 5.28. The average Bonchev–Trinajstić information content (AvgIpc) is 3.12. The minimum Gasteiger partial charge on any atom is -0.494 e. The third-order valence-corrected chi connectivity index (χ3v) is 4.18. The van der Waals surface area contributed by atoms with E-state index in [1.807, 2.05) is 31.2 Å². The number of hydrogen-bond donors (Lipinski definition) is 1. The van der Waals surface area contributed by atoms with Crippen molar-refractivity contribution in [3.63, 3.8) is 0 Å². The van der Waals surface area contributed by atoms with Crippen molar-refractivity contribution in [2.24, 2.45) is 0 Å². The SMILES string of the molecule is CCOc1ccc(-c2nc3cc(NC(=O)c4ccccc4F)ccc3o2)cc1. The second-order valence-electron chi connectivity index (χ2n) is 6.09. The van der Waals surface area contributed by atoms with Gasteiger partial charge in [0.1, 0.15) is 17.1 Å². The number of nitrogens with one attached hydrogen (secondary N) is 1. The van der Waals surface area contributed by atoms with E-state index in [-0.39, 0.29) is 5.56 Å². The summed E-state index contributed by atoms with van der Waals surface area (Å²) >= 11 is 0. The number of amides is 1. The number of halogens is 1. The Morgan fingerprint density at radius 1 is 1.11 bits per heavy atom. The summed E-state index contributed by atoms with van der Waals surface area (Å²) in [6.07, 6.45) is 0. The van der Waals surface area contributed by atoms with Crippen molar-refractivity contribution >= 4 is 22.7 Å². The van der Waals surface area contributed by atoms with E-state index in [1.165, 1.54) is 18.2 Å². The highest BCUT2D eigenvalue weighted by atomic mass is 19.1. The van der Waals surface area contributed by atoms with Crippen LogP contribution in [0.15, 0.2) is 71.1 Å². The molecule has 0 saturated carbocycles. The van der Waals surface area contributed by atoms with Crippen molar-refractivity contribution in [1.82, 2.24) is 4.98 Å². The van der Waals surface area contributed by atoms with Gasteiger partial charge in [0.15, 0.2) is 5.58 Å². The first-order valence-electron chi connectivity index (χ1n) is 8.84. The highest BCUT2D eigenvalue weighted by Crippen LogP contribution is 2.27. The maximum Gasteiger partial charge on any atom is 0.258 e. The number of carbonyl (C=O) groups is 1. The molecule has 4 aromatic rings. The van der Waals surface area contributed by atoms with Gasteiger partial charge in [-0.05, 0) is 61.5 Å². The molecule has 0 atom stereocenters. The molecular weight excluding hydrogens is 359 g/mol. The van der Waals surface area contributed by atoms with Crippen LogP contribution in [0.3, 0.4) is 0 Å². The van der Waals surface area contributed by atoms with Gasteiger partial charge >= 0.3 is 0 Å². The largest absolute Gasteiger partial charge is 0.494 e. The molecule has 3 aromatic carbocycles. The molecule has 28 heavy (non-hydrogen) atoms. The molecule has 4 rings (SSSR count). The predicted molar refractivity (Wildman–Crippen MR) is 105 cm³/mol. The molecule has 1 heterocycles. The van der Waals surface area contributed by atoms with Crippen molar-refractivity contribution in [2.75, 3.05) is 11.9 Å². The molecule has 1 aromatic heterocycles. The first-order valence-corrected chi connectivity index (χ1v) is 8.84. The van der Waals surface area contributed by atoms with E-state index in [9.17, 15) is 9.18 Å². The van der Waals surface area contributed by atoms with Crippen LogP contribution in [0.5, 0.6) is 5.75 Å². The van der Waals surface area contributed by atoms with Gasteiger partial charge in [0, 0.05) is 11.3 Å². The molecule has 0 radical (unpaired) electrons. The Morgan fingerprint density at radius 3 is 2.64 bits per heavy atom. The highest BCUT2D eigenvalue weighted by molar-refractivity contribution is 6.05. The fourth-order valence-corrected chi connectivity index (χ4v) is 2.83. The number of rotatable bonds is 5. The van der Waals surface area contributed by atoms with Crippen LogP contribution in [0, 0.1) is 5.82 Å². The monoisotopic (exact) mass is 376 g/mol. The lowest BCUT2D eigenvalue weighted by Crippen LogP contribution is -2.13. The summed E-state index contributed by atoms with van der Waals surface area (Å²) in [5, 5.41) is 2.68. The normalized spacial score (nSPS) is 10.8. The Kier molecular flexibility index (Phi) is 4.76. The number of benzene rings is 3. The van der Waals surface area contributed by atoms with Crippen LogP contribution < -0.4 is 10.1 Å². The van der Waals surface area contributed by atoms with Gasteiger partial charge in [0.05, 0.1) is 12.2 Å². The van der Waals surface area contributed by atoms with Gasteiger partial charge in [0.25, 0.3) is 5.91 Å². The van der Waals surface area contributed by atoms with Gasteiger partial charge in [-0.25, -0.2) is 9.37 Å². The maximum atomic E-state index is 13.8. The topological polar surface area (TPSA) is 64.4 Å². The first-order chi connectivity index (χ1) is 13.6. The van der Waals surface area contributed by atoms with Crippen LogP contribution in [-0.2, 0) is 0 Å². The lowest BCUT2D eigenvalue weighted by Gasteiger charge is -2.05. The highest BCUT2D eigenvalue weighted by Gasteiger charge is 2.13. The molecule has 0 bridgehead atoms. The Labute approximate surface area is 160 Å². The molecular formula is C22H17FN2O3. The van der Waals surface area contributed by atoms with Gasteiger partial charge in [0.2, 0.25) is 5.89 Å². The number of hydrogen-bond acceptors (Lipinski definition) is 4. The molecule has 0 aliphatic rings.